The first-order valence-corrected chi connectivity index (χ1v) is 15.4. The van der Waals surface area contributed by atoms with E-state index in [0.717, 1.165) is 12.8 Å². The molecule has 1 saturated carbocycles. The number of methoxy groups -OCH3 is 1. The highest BCUT2D eigenvalue weighted by molar-refractivity contribution is 8.00. The van der Waals surface area contributed by atoms with E-state index in [2.05, 4.69) is 42.4 Å². The molecular weight excluding hydrogens is 568 g/mol. The molecule has 2 atom stereocenters. The molecule has 9 nitrogen and oxygen atoms in total. The molecule has 1 amide bonds. The number of hydrogen-bond donors (Lipinski definition) is 4. The average Bonchev–Trinajstić information content (AvgIpc) is 3.74. The molecule has 2 fully saturated rings. The summed E-state index contributed by atoms with van der Waals surface area (Å²) in [5.41, 5.74) is 12.5. The molecular formula is C28H37F2N7O2S2. The predicted molar refractivity (Wildman–Crippen MR) is 165 cm³/mol. The smallest absolute Gasteiger partial charge is 0.280 e. The Hall–Kier alpha value is -3.18. The molecule has 2 aliphatic rings. The molecule has 13 heteroatoms. The molecule has 2 unspecified atom stereocenters. The van der Waals surface area contributed by atoms with E-state index in [-0.39, 0.29) is 22.3 Å². The molecule has 0 radical (unpaired) electrons. The van der Waals surface area contributed by atoms with Gasteiger partial charge < -0.3 is 15.8 Å². The topological polar surface area (TPSA) is 127 Å². The van der Waals surface area contributed by atoms with Crippen LogP contribution in [0.5, 0.6) is 5.75 Å². The summed E-state index contributed by atoms with van der Waals surface area (Å²) in [6.07, 6.45) is 6.66. The Morgan fingerprint density at radius 1 is 1.20 bits per heavy atom. The van der Waals surface area contributed by atoms with Crippen LogP contribution in [-0.4, -0.2) is 46.3 Å². The lowest BCUT2D eigenvalue weighted by Gasteiger charge is -2.17. The number of allylic oxidation sites excluding steroid dienone is 1. The molecule has 222 valence electrons. The number of carbonyl (C=O) groups excluding carboxylic acids is 1. The van der Waals surface area contributed by atoms with Gasteiger partial charge in [0.1, 0.15) is 22.3 Å². The number of nitrogens with two attached hydrogens (primary N) is 1. The molecule has 3 heterocycles. The number of thioether (sulfide) groups is 1. The Morgan fingerprint density at radius 3 is 2.54 bits per heavy atom. The third-order valence-electron chi connectivity index (χ3n) is 5.42. The predicted octanol–water partition coefficient (Wildman–Crippen LogP) is 5.38. The Balaban J connectivity index is 0.00000141. The van der Waals surface area contributed by atoms with Gasteiger partial charge in [0.2, 0.25) is 0 Å². The number of aromatic nitrogens is 2. The van der Waals surface area contributed by atoms with Crippen molar-refractivity contribution in [3.05, 3.63) is 47.7 Å². The Kier molecular flexibility index (Phi) is 14.6. The monoisotopic (exact) mass is 605 g/mol. The number of halogens is 2. The van der Waals surface area contributed by atoms with E-state index >= 15 is 0 Å². The zero-order valence-corrected chi connectivity index (χ0v) is 25.6. The number of nitrogens with zero attached hydrogens (tertiary/aromatic N) is 3. The van der Waals surface area contributed by atoms with E-state index in [0.29, 0.717) is 22.7 Å². The van der Waals surface area contributed by atoms with E-state index in [4.69, 9.17) is 10.5 Å². The van der Waals surface area contributed by atoms with Gasteiger partial charge in [0.15, 0.2) is 0 Å². The summed E-state index contributed by atoms with van der Waals surface area (Å²) < 4.78 is 36.5. The summed E-state index contributed by atoms with van der Waals surface area (Å²) in [4.78, 5) is 21.5. The van der Waals surface area contributed by atoms with Crippen molar-refractivity contribution in [3.8, 4) is 28.7 Å². The van der Waals surface area contributed by atoms with E-state index in [1.165, 1.54) is 61.7 Å². The number of nitrogens with one attached hydrogen (secondary N) is 3. The molecule has 0 bridgehead atoms. The van der Waals surface area contributed by atoms with Crippen molar-refractivity contribution < 1.29 is 18.3 Å². The number of amides is 1. The van der Waals surface area contributed by atoms with Crippen LogP contribution in [0.1, 0.15) is 68.7 Å². The van der Waals surface area contributed by atoms with Crippen molar-refractivity contribution >= 4 is 41.4 Å². The second-order valence-corrected chi connectivity index (χ2v) is 9.78. The molecule has 2 aromatic rings. The van der Waals surface area contributed by atoms with Gasteiger partial charge in [-0.25, -0.2) is 24.0 Å². The maximum atomic E-state index is 13.5. The van der Waals surface area contributed by atoms with Gasteiger partial charge in [-0.3, -0.25) is 14.8 Å². The minimum Gasteiger partial charge on any atom is -0.494 e. The van der Waals surface area contributed by atoms with Crippen LogP contribution in [0.25, 0.3) is 16.7 Å². The molecule has 41 heavy (non-hydrogen) atoms. The largest absolute Gasteiger partial charge is 0.494 e. The van der Waals surface area contributed by atoms with Crippen LogP contribution in [-0.2, 0) is 0 Å². The quantitative estimate of drug-likeness (QED) is 0.178. The SMILES string of the molecule is CC.CC.COc1cnc(C(F)F)cc1-c1cc(C(=C/N)/C=N/SC)ncc1C(=O)NC1NNC(C#CC2CC2)S1. The number of alkyl halides is 2. The fourth-order valence-electron chi connectivity index (χ4n) is 3.39. The summed E-state index contributed by atoms with van der Waals surface area (Å²) >= 11 is 2.64. The van der Waals surface area contributed by atoms with Crippen LogP contribution in [0.2, 0.25) is 0 Å². The number of pyridine rings is 2. The summed E-state index contributed by atoms with van der Waals surface area (Å²) in [5.74, 6) is 6.56. The summed E-state index contributed by atoms with van der Waals surface area (Å²) in [5, 5.41) is 2.71. The Morgan fingerprint density at radius 2 is 1.93 bits per heavy atom. The molecule has 0 spiro atoms. The van der Waals surface area contributed by atoms with Crippen LogP contribution < -0.4 is 26.6 Å². The van der Waals surface area contributed by atoms with Gasteiger partial charge in [-0.15, -0.1) is 0 Å². The number of hydrogen-bond acceptors (Lipinski definition) is 10. The van der Waals surface area contributed by atoms with Crippen molar-refractivity contribution in [2.45, 2.75) is 57.8 Å². The zero-order chi connectivity index (χ0) is 30.4. The maximum Gasteiger partial charge on any atom is 0.280 e. The molecule has 1 aliphatic heterocycles. The Bertz CT molecular complexity index is 1280. The van der Waals surface area contributed by atoms with Crippen LogP contribution in [0, 0.1) is 17.8 Å². The van der Waals surface area contributed by atoms with Crippen LogP contribution in [0.15, 0.2) is 35.1 Å². The van der Waals surface area contributed by atoms with E-state index in [9.17, 15) is 13.6 Å². The Labute approximate surface area is 249 Å². The molecule has 2 aromatic heterocycles. The number of hydrazine groups is 1. The van der Waals surface area contributed by atoms with Gasteiger partial charge in [0.25, 0.3) is 12.3 Å². The van der Waals surface area contributed by atoms with Crippen LogP contribution in [0.3, 0.4) is 0 Å². The van der Waals surface area contributed by atoms with Crippen LogP contribution in [0.4, 0.5) is 8.78 Å². The molecule has 0 aromatic carbocycles. The van der Waals surface area contributed by atoms with Gasteiger partial charge in [0, 0.05) is 47.5 Å². The molecule has 5 N–H and O–H groups in total. The standard InChI is InChI=1S/C24H25F2N7O2S2.2C2H6/c1-35-20-12-29-19(22(25)26)8-16(20)15-7-18(14(9-27)10-30-36-2)28-11-17(15)23(34)31-24-33-32-21(37-24)6-5-13-3-4-13;2*1-2/h7-13,21-22,24,32-33H,3-4,27H2,1-2H3,(H,31,34);2*1-2H3/b14-9+,30-10+;;. The lowest BCUT2D eigenvalue weighted by molar-refractivity contribution is 0.0945. The first-order valence-electron chi connectivity index (χ1n) is 13.2. The van der Waals surface area contributed by atoms with Crippen molar-refractivity contribution in [1.29, 1.82) is 0 Å². The van der Waals surface area contributed by atoms with Crippen LogP contribution >= 0.6 is 23.7 Å². The van der Waals surface area contributed by atoms with E-state index in [1.54, 1.807) is 12.3 Å². The van der Waals surface area contributed by atoms with Gasteiger partial charge in [-0.1, -0.05) is 51.3 Å². The highest BCUT2D eigenvalue weighted by Gasteiger charge is 2.28. The van der Waals surface area contributed by atoms with Crippen molar-refractivity contribution in [3.63, 3.8) is 0 Å². The van der Waals surface area contributed by atoms with E-state index in [1.807, 2.05) is 27.7 Å². The highest BCUT2D eigenvalue weighted by Crippen LogP contribution is 2.35. The average molecular weight is 606 g/mol. The van der Waals surface area contributed by atoms with Gasteiger partial charge >= 0.3 is 0 Å². The maximum absolute atomic E-state index is 13.5. The molecule has 4 rings (SSSR count). The fraction of sp³-hybridized carbons (Fsp3) is 0.429. The lowest BCUT2D eigenvalue weighted by atomic mass is 9.98. The number of carbonyl (C=O) groups is 1. The third-order valence-corrected chi connectivity index (χ3v) is 6.75. The fourth-order valence-corrected chi connectivity index (χ4v) is 4.46. The highest BCUT2D eigenvalue weighted by atomic mass is 32.2. The van der Waals surface area contributed by atoms with E-state index < -0.39 is 23.5 Å². The third kappa shape index (κ3) is 9.71. The van der Waals surface area contributed by atoms with Crippen molar-refractivity contribution in [2.75, 3.05) is 13.4 Å². The first kappa shape index (κ1) is 34.0. The van der Waals surface area contributed by atoms with Crippen molar-refractivity contribution in [1.82, 2.24) is 26.1 Å². The summed E-state index contributed by atoms with van der Waals surface area (Å²) in [7, 11) is 1.40. The van der Waals surface area contributed by atoms with Gasteiger partial charge in [-0.2, -0.15) is 0 Å². The lowest BCUT2D eigenvalue weighted by Crippen LogP contribution is -2.43. The van der Waals surface area contributed by atoms with Gasteiger partial charge in [-0.05, 0) is 36.9 Å². The van der Waals surface area contributed by atoms with Crippen molar-refractivity contribution in [2.24, 2.45) is 16.0 Å². The minimum atomic E-state index is -2.81. The first-order chi connectivity index (χ1) is 19.9. The second-order valence-electron chi connectivity index (χ2n) is 7.99. The summed E-state index contributed by atoms with van der Waals surface area (Å²) in [6, 6.07) is 2.79. The second kappa shape index (κ2) is 17.6. The summed E-state index contributed by atoms with van der Waals surface area (Å²) in [6.45, 7) is 8.00. The molecule has 1 saturated heterocycles. The zero-order valence-electron chi connectivity index (χ0n) is 24.0. The number of ether oxygens (including phenoxy) is 1. The van der Waals surface area contributed by atoms with Gasteiger partial charge in [0.05, 0.1) is 24.6 Å². The minimum absolute atomic E-state index is 0.154. The molecule has 1 aliphatic carbocycles. The number of rotatable bonds is 8. The normalized spacial score (nSPS) is 18.0.